The van der Waals surface area contributed by atoms with Gasteiger partial charge in [-0.3, -0.25) is 4.90 Å². The predicted octanol–water partition coefficient (Wildman–Crippen LogP) is 3.12. The van der Waals surface area contributed by atoms with Crippen LogP contribution in [0.3, 0.4) is 0 Å². The number of nitrogens with one attached hydrogen (secondary N) is 1. The summed E-state index contributed by atoms with van der Waals surface area (Å²) < 4.78 is 42.2. The van der Waals surface area contributed by atoms with Crippen LogP contribution in [0.25, 0.3) is 0 Å². The van der Waals surface area contributed by atoms with Crippen LogP contribution in [-0.4, -0.2) is 43.9 Å². The van der Waals surface area contributed by atoms with Gasteiger partial charge in [0, 0.05) is 12.6 Å². The number of hydrogen-bond acceptors (Lipinski definition) is 3. The number of piperidine rings is 1. The van der Waals surface area contributed by atoms with E-state index in [4.69, 9.17) is 4.74 Å². The fraction of sp³-hybridized carbons (Fsp3) is 0.625. The van der Waals surface area contributed by atoms with Crippen molar-refractivity contribution in [1.82, 2.24) is 10.2 Å². The average Bonchev–Trinajstić information content (AvgIpc) is 2.45. The van der Waals surface area contributed by atoms with E-state index in [2.05, 4.69) is 11.4 Å². The maximum Gasteiger partial charge on any atom is 0.401 e. The lowest BCUT2D eigenvalue weighted by Crippen LogP contribution is -2.45. The van der Waals surface area contributed by atoms with Crippen LogP contribution in [0.1, 0.15) is 24.0 Å². The van der Waals surface area contributed by atoms with Crippen molar-refractivity contribution in [3.05, 3.63) is 29.3 Å². The number of methoxy groups -OCH3 is 1. The number of benzene rings is 1. The summed E-state index contributed by atoms with van der Waals surface area (Å²) in [5.74, 6) is 0.865. The minimum absolute atomic E-state index is 0.284. The van der Waals surface area contributed by atoms with E-state index in [1.54, 1.807) is 7.11 Å². The molecule has 0 aromatic heterocycles. The van der Waals surface area contributed by atoms with Crippen molar-refractivity contribution in [1.29, 1.82) is 0 Å². The first kappa shape index (κ1) is 17.1. The molecule has 1 aromatic carbocycles. The highest BCUT2D eigenvalue weighted by Gasteiger charge is 2.32. The molecule has 1 saturated heterocycles. The zero-order valence-electron chi connectivity index (χ0n) is 13.0. The summed E-state index contributed by atoms with van der Waals surface area (Å²) in [5.41, 5.74) is 2.25. The topological polar surface area (TPSA) is 24.5 Å². The average molecular weight is 316 g/mol. The molecule has 1 aromatic rings. The number of rotatable bonds is 5. The molecule has 1 aliphatic rings. The minimum Gasteiger partial charge on any atom is -0.496 e. The van der Waals surface area contributed by atoms with Crippen molar-refractivity contribution in [3.8, 4) is 5.75 Å². The molecule has 1 N–H and O–H groups in total. The molecule has 0 aliphatic carbocycles. The molecule has 0 amide bonds. The van der Waals surface area contributed by atoms with Crippen LogP contribution in [0.15, 0.2) is 18.2 Å². The first-order valence-electron chi connectivity index (χ1n) is 7.53. The number of ether oxygens (including phenoxy) is 1. The molecule has 0 spiro atoms. The van der Waals surface area contributed by atoms with Crippen molar-refractivity contribution in [3.63, 3.8) is 0 Å². The standard InChI is InChI=1S/C16H23F3N2O/c1-12-9-13(3-4-15(12)22-2)10-20-14-5-7-21(8-6-14)11-16(17,18)19/h3-4,9,14,20H,5-8,10-11H2,1-2H3. The van der Waals surface area contributed by atoms with Gasteiger partial charge in [0.2, 0.25) is 0 Å². The summed E-state index contributed by atoms with van der Waals surface area (Å²) in [5, 5.41) is 3.44. The Balaban J connectivity index is 1.76. The second-order valence-corrected chi connectivity index (χ2v) is 5.85. The lowest BCUT2D eigenvalue weighted by molar-refractivity contribution is -0.148. The quantitative estimate of drug-likeness (QED) is 0.903. The van der Waals surface area contributed by atoms with Crippen molar-refractivity contribution in [2.75, 3.05) is 26.7 Å². The van der Waals surface area contributed by atoms with Crippen molar-refractivity contribution < 1.29 is 17.9 Å². The normalized spacial score (nSPS) is 17.7. The Morgan fingerprint density at radius 1 is 1.27 bits per heavy atom. The van der Waals surface area contributed by atoms with Crippen LogP contribution in [0.2, 0.25) is 0 Å². The first-order valence-corrected chi connectivity index (χ1v) is 7.53. The molecule has 124 valence electrons. The second kappa shape index (κ2) is 7.33. The molecule has 0 radical (unpaired) electrons. The fourth-order valence-electron chi connectivity index (χ4n) is 2.86. The molecule has 0 saturated carbocycles. The number of aryl methyl sites for hydroxylation is 1. The summed E-state index contributed by atoms with van der Waals surface area (Å²) in [7, 11) is 1.65. The fourth-order valence-corrected chi connectivity index (χ4v) is 2.86. The van der Waals surface area contributed by atoms with Gasteiger partial charge in [-0.2, -0.15) is 13.2 Å². The highest BCUT2D eigenvalue weighted by atomic mass is 19.4. The Kier molecular flexibility index (Phi) is 5.69. The molecule has 1 heterocycles. The van der Waals surface area contributed by atoms with Gasteiger partial charge in [-0.05, 0) is 50.0 Å². The Labute approximate surface area is 129 Å². The molecule has 22 heavy (non-hydrogen) atoms. The monoisotopic (exact) mass is 316 g/mol. The highest BCUT2D eigenvalue weighted by molar-refractivity contribution is 5.36. The number of likely N-dealkylation sites (tertiary alicyclic amines) is 1. The molecule has 0 atom stereocenters. The number of nitrogens with zero attached hydrogens (tertiary/aromatic N) is 1. The van der Waals surface area contributed by atoms with Crippen LogP contribution in [0.4, 0.5) is 13.2 Å². The van der Waals surface area contributed by atoms with Gasteiger partial charge in [-0.25, -0.2) is 0 Å². The van der Waals surface area contributed by atoms with E-state index >= 15 is 0 Å². The summed E-state index contributed by atoms with van der Waals surface area (Å²) >= 11 is 0. The molecular weight excluding hydrogens is 293 g/mol. The Morgan fingerprint density at radius 2 is 1.95 bits per heavy atom. The first-order chi connectivity index (χ1) is 10.4. The van der Waals surface area contributed by atoms with Gasteiger partial charge in [-0.1, -0.05) is 12.1 Å². The lowest BCUT2D eigenvalue weighted by atomic mass is 10.0. The minimum atomic E-state index is -4.10. The van der Waals surface area contributed by atoms with E-state index in [0.717, 1.165) is 36.3 Å². The summed E-state index contributed by atoms with van der Waals surface area (Å²) in [4.78, 5) is 1.48. The Hall–Kier alpha value is -1.27. The molecule has 3 nitrogen and oxygen atoms in total. The van der Waals surface area contributed by atoms with Gasteiger partial charge in [0.1, 0.15) is 5.75 Å². The second-order valence-electron chi connectivity index (χ2n) is 5.85. The molecule has 0 unspecified atom stereocenters. The highest BCUT2D eigenvalue weighted by Crippen LogP contribution is 2.21. The van der Waals surface area contributed by atoms with Crippen LogP contribution < -0.4 is 10.1 Å². The molecule has 1 fully saturated rings. The van der Waals surface area contributed by atoms with Gasteiger partial charge < -0.3 is 10.1 Å². The third-order valence-electron chi connectivity index (χ3n) is 4.04. The summed E-state index contributed by atoms with van der Waals surface area (Å²) in [6.07, 6.45) is -2.59. The van der Waals surface area contributed by atoms with Crippen molar-refractivity contribution in [2.24, 2.45) is 0 Å². The maximum atomic E-state index is 12.3. The predicted molar refractivity (Wildman–Crippen MR) is 80.1 cm³/mol. The van der Waals surface area contributed by atoms with Crippen LogP contribution >= 0.6 is 0 Å². The molecule has 1 aliphatic heterocycles. The lowest BCUT2D eigenvalue weighted by Gasteiger charge is -2.32. The third-order valence-corrected chi connectivity index (χ3v) is 4.04. The molecular formula is C16H23F3N2O. The largest absolute Gasteiger partial charge is 0.496 e. The SMILES string of the molecule is COc1ccc(CNC2CCN(CC(F)(F)F)CC2)cc1C. The Morgan fingerprint density at radius 3 is 2.50 bits per heavy atom. The maximum absolute atomic E-state index is 12.3. The molecule has 2 rings (SSSR count). The smallest absolute Gasteiger partial charge is 0.401 e. The number of halogens is 3. The van der Waals surface area contributed by atoms with Gasteiger partial charge in [0.25, 0.3) is 0 Å². The van der Waals surface area contributed by atoms with E-state index in [0.29, 0.717) is 13.1 Å². The number of hydrogen-bond donors (Lipinski definition) is 1. The van der Waals surface area contributed by atoms with Gasteiger partial charge in [0.05, 0.1) is 13.7 Å². The number of alkyl halides is 3. The third kappa shape index (κ3) is 5.18. The summed E-state index contributed by atoms with van der Waals surface area (Å²) in [6, 6.07) is 6.31. The van der Waals surface area contributed by atoms with E-state index < -0.39 is 12.7 Å². The zero-order chi connectivity index (χ0) is 16.2. The van der Waals surface area contributed by atoms with Gasteiger partial charge in [-0.15, -0.1) is 0 Å². The Bertz CT molecular complexity index is 483. The van der Waals surface area contributed by atoms with Crippen LogP contribution in [0, 0.1) is 6.92 Å². The van der Waals surface area contributed by atoms with E-state index in [1.165, 1.54) is 4.90 Å². The van der Waals surface area contributed by atoms with Crippen LogP contribution in [-0.2, 0) is 6.54 Å². The van der Waals surface area contributed by atoms with E-state index in [1.807, 2.05) is 19.1 Å². The molecule has 6 heteroatoms. The van der Waals surface area contributed by atoms with Crippen molar-refractivity contribution in [2.45, 2.75) is 38.5 Å². The summed E-state index contributed by atoms with van der Waals surface area (Å²) in [6.45, 7) is 2.93. The van der Waals surface area contributed by atoms with E-state index in [9.17, 15) is 13.2 Å². The van der Waals surface area contributed by atoms with Crippen molar-refractivity contribution >= 4 is 0 Å². The zero-order valence-corrected chi connectivity index (χ0v) is 13.0. The molecule has 0 bridgehead atoms. The van der Waals surface area contributed by atoms with Gasteiger partial charge in [0.15, 0.2) is 0 Å². The van der Waals surface area contributed by atoms with Crippen LogP contribution in [0.5, 0.6) is 5.75 Å². The van der Waals surface area contributed by atoms with Gasteiger partial charge >= 0.3 is 6.18 Å². The van der Waals surface area contributed by atoms with E-state index in [-0.39, 0.29) is 6.04 Å².